The first-order valence-corrected chi connectivity index (χ1v) is 11.2. The van der Waals surface area contributed by atoms with Crippen molar-refractivity contribution in [2.75, 3.05) is 12.4 Å². The van der Waals surface area contributed by atoms with Crippen LogP contribution >= 0.6 is 22.7 Å². The Balaban J connectivity index is 1.43. The smallest absolute Gasteiger partial charge is 0.187 e. The number of anilines is 2. The van der Waals surface area contributed by atoms with Crippen molar-refractivity contribution in [3.05, 3.63) is 93.1 Å². The molecule has 2 aromatic carbocycles. The van der Waals surface area contributed by atoms with Gasteiger partial charge in [0.1, 0.15) is 5.75 Å². The molecule has 0 bridgehead atoms. The summed E-state index contributed by atoms with van der Waals surface area (Å²) in [4.78, 5) is 6.03. The molecule has 2 heterocycles. The van der Waals surface area contributed by atoms with E-state index in [1.165, 1.54) is 16.0 Å². The van der Waals surface area contributed by atoms with E-state index in [0.29, 0.717) is 6.54 Å². The fraction of sp³-hybridized carbons (Fsp3) is 0.174. The van der Waals surface area contributed by atoms with E-state index in [-0.39, 0.29) is 6.04 Å². The second-order valence-electron chi connectivity index (χ2n) is 6.74. The normalized spacial score (nSPS) is 11.9. The van der Waals surface area contributed by atoms with Crippen molar-refractivity contribution in [2.45, 2.75) is 19.5 Å². The molecule has 0 aliphatic rings. The molecule has 0 saturated heterocycles. The number of benzene rings is 2. The van der Waals surface area contributed by atoms with Crippen LogP contribution in [0.1, 0.15) is 27.7 Å². The molecule has 0 radical (unpaired) electrons. The Morgan fingerprint density at radius 2 is 1.79 bits per heavy atom. The van der Waals surface area contributed by atoms with Crippen LogP contribution in [0.25, 0.3) is 0 Å². The highest BCUT2D eigenvalue weighted by molar-refractivity contribution is 7.13. The topological polar surface area (TPSA) is 46.2 Å². The number of thiophene rings is 1. The molecular weight excluding hydrogens is 398 g/mol. The second-order valence-corrected chi connectivity index (χ2v) is 8.57. The Bertz CT molecular complexity index is 1020. The highest BCUT2D eigenvalue weighted by Crippen LogP contribution is 2.28. The third-order valence-corrected chi connectivity index (χ3v) is 6.36. The Hall–Kier alpha value is -2.67. The van der Waals surface area contributed by atoms with E-state index in [9.17, 15) is 0 Å². The van der Waals surface area contributed by atoms with Gasteiger partial charge in [0.2, 0.25) is 0 Å². The average Bonchev–Trinajstić information content (AvgIpc) is 3.43. The molecule has 0 amide bonds. The summed E-state index contributed by atoms with van der Waals surface area (Å²) in [5.41, 5.74) is 4.56. The number of ether oxygens (including phenoxy) is 1. The number of hydrogen-bond donors (Lipinski definition) is 2. The standard InChI is InChI=1S/C23H23N3OS2/c1-16-5-7-17(8-6-16)22(21-4-3-13-28-21)24-14-19-15-29-23(26-19)25-18-9-11-20(27-2)12-10-18/h3-13,15,22,24H,14H2,1-2H3,(H,25,26)/t22-/m0/s1. The van der Waals surface area contributed by atoms with Gasteiger partial charge in [-0.15, -0.1) is 22.7 Å². The lowest BCUT2D eigenvalue weighted by Crippen LogP contribution is -2.21. The lowest BCUT2D eigenvalue weighted by molar-refractivity contribution is 0.415. The molecule has 148 valence electrons. The van der Waals surface area contributed by atoms with E-state index in [1.54, 1.807) is 29.8 Å². The van der Waals surface area contributed by atoms with Crippen LogP contribution in [0.15, 0.2) is 71.4 Å². The Labute approximate surface area is 179 Å². The minimum atomic E-state index is 0.162. The van der Waals surface area contributed by atoms with Gasteiger partial charge in [0, 0.05) is 22.5 Å². The number of hydrogen-bond acceptors (Lipinski definition) is 6. The van der Waals surface area contributed by atoms with Crippen molar-refractivity contribution in [3.8, 4) is 5.75 Å². The average molecular weight is 422 g/mol. The summed E-state index contributed by atoms with van der Waals surface area (Å²) in [6.07, 6.45) is 0. The summed E-state index contributed by atoms with van der Waals surface area (Å²) < 4.78 is 5.20. The van der Waals surface area contributed by atoms with Crippen molar-refractivity contribution >= 4 is 33.5 Å². The molecule has 6 heteroatoms. The van der Waals surface area contributed by atoms with Gasteiger partial charge in [-0.05, 0) is 48.2 Å². The van der Waals surface area contributed by atoms with E-state index in [2.05, 4.69) is 64.7 Å². The highest BCUT2D eigenvalue weighted by atomic mass is 32.1. The molecule has 4 rings (SSSR count). The lowest BCUT2D eigenvalue weighted by Gasteiger charge is -2.17. The summed E-state index contributed by atoms with van der Waals surface area (Å²) >= 11 is 3.38. The van der Waals surface area contributed by atoms with Crippen LogP contribution in [-0.2, 0) is 6.54 Å². The quantitative estimate of drug-likeness (QED) is 0.358. The van der Waals surface area contributed by atoms with Gasteiger partial charge in [-0.3, -0.25) is 5.32 Å². The molecule has 29 heavy (non-hydrogen) atoms. The maximum Gasteiger partial charge on any atom is 0.187 e. The SMILES string of the molecule is COc1ccc(Nc2nc(CN[C@@H](c3ccc(C)cc3)c3cccs3)cs2)cc1. The first-order valence-electron chi connectivity index (χ1n) is 9.40. The van der Waals surface area contributed by atoms with Crippen LogP contribution < -0.4 is 15.4 Å². The molecule has 0 aliphatic heterocycles. The molecule has 2 aromatic heterocycles. The number of nitrogens with zero attached hydrogens (tertiary/aromatic N) is 1. The molecule has 4 nitrogen and oxygen atoms in total. The van der Waals surface area contributed by atoms with Crippen LogP contribution in [0.2, 0.25) is 0 Å². The summed E-state index contributed by atoms with van der Waals surface area (Å²) in [6.45, 7) is 2.82. The second kappa shape index (κ2) is 9.22. The molecule has 0 spiro atoms. The monoisotopic (exact) mass is 421 g/mol. The predicted molar refractivity (Wildman–Crippen MR) is 123 cm³/mol. The summed E-state index contributed by atoms with van der Waals surface area (Å²) in [5, 5.41) is 12.1. The number of aromatic nitrogens is 1. The summed E-state index contributed by atoms with van der Waals surface area (Å²) in [6, 6.07) is 21.0. The van der Waals surface area contributed by atoms with E-state index in [1.807, 2.05) is 24.3 Å². The number of rotatable bonds is 8. The van der Waals surface area contributed by atoms with Crippen LogP contribution in [0, 0.1) is 6.92 Å². The first kappa shape index (κ1) is 19.6. The molecule has 2 N–H and O–H groups in total. The third-order valence-electron chi connectivity index (χ3n) is 4.62. The molecule has 0 aliphatic carbocycles. The number of aryl methyl sites for hydroxylation is 1. The molecule has 4 aromatic rings. The van der Waals surface area contributed by atoms with Crippen molar-refractivity contribution in [2.24, 2.45) is 0 Å². The van der Waals surface area contributed by atoms with E-state index >= 15 is 0 Å². The van der Waals surface area contributed by atoms with Gasteiger partial charge in [0.25, 0.3) is 0 Å². The van der Waals surface area contributed by atoms with Crippen molar-refractivity contribution < 1.29 is 4.74 Å². The zero-order valence-corrected chi connectivity index (χ0v) is 18.0. The van der Waals surface area contributed by atoms with Gasteiger partial charge < -0.3 is 10.1 Å². The van der Waals surface area contributed by atoms with Gasteiger partial charge in [0.05, 0.1) is 18.8 Å². The predicted octanol–water partition coefficient (Wildman–Crippen LogP) is 6.14. The summed E-state index contributed by atoms with van der Waals surface area (Å²) in [7, 11) is 1.67. The maximum absolute atomic E-state index is 5.20. The van der Waals surface area contributed by atoms with Crippen molar-refractivity contribution in [1.82, 2.24) is 10.3 Å². The van der Waals surface area contributed by atoms with Crippen LogP contribution in [0.5, 0.6) is 5.75 Å². The van der Waals surface area contributed by atoms with Crippen LogP contribution in [-0.4, -0.2) is 12.1 Å². The van der Waals surface area contributed by atoms with E-state index in [4.69, 9.17) is 9.72 Å². The van der Waals surface area contributed by atoms with Gasteiger partial charge in [0.15, 0.2) is 5.13 Å². The zero-order valence-electron chi connectivity index (χ0n) is 16.4. The van der Waals surface area contributed by atoms with E-state index in [0.717, 1.165) is 22.3 Å². The fourth-order valence-electron chi connectivity index (χ4n) is 3.05. The zero-order chi connectivity index (χ0) is 20.1. The lowest BCUT2D eigenvalue weighted by atomic mass is 10.0. The molecule has 0 unspecified atom stereocenters. The Morgan fingerprint density at radius 1 is 1.00 bits per heavy atom. The largest absolute Gasteiger partial charge is 0.497 e. The molecule has 0 saturated carbocycles. The molecular formula is C23H23N3OS2. The van der Waals surface area contributed by atoms with Gasteiger partial charge in [-0.2, -0.15) is 0 Å². The van der Waals surface area contributed by atoms with Crippen molar-refractivity contribution in [1.29, 1.82) is 0 Å². The number of methoxy groups -OCH3 is 1. The number of nitrogens with one attached hydrogen (secondary N) is 2. The van der Waals surface area contributed by atoms with Gasteiger partial charge in [-0.1, -0.05) is 35.9 Å². The highest BCUT2D eigenvalue weighted by Gasteiger charge is 2.15. The summed E-state index contributed by atoms with van der Waals surface area (Å²) in [5.74, 6) is 0.843. The molecule has 0 fully saturated rings. The van der Waals surface area contributed by atoms with Crippen LogP contribution in [0.3, 0.4) is 0 Å². The fourth-order valence-corrected chi connectivity index (χ4v) is 4.60. The number of thiazole rings is 1. The maximum atomic E-state index is 5.20. The third kappa shape index (κ3) is 5.03. The molecule has 1 atom stereocenters. The Morgan fingerprint density at radius 3 is 2.48 bits per heavy atom. The van der Waals surface area contributed by atoms with Crippen molar-refractivity contribution in [3.63, 3.8) is 0 Å². The minimum Gasteiger partial charge on any atom is -0.497 e. The van der Waals surface area contributed by atoms with E-state index < -0.39 is 0 Å². The Kier molecular flexibility index (Phi) is 6.24. The van der Waals surface area contributed by atoms with Crippen LogP contribution in [0.4, 0.5) is 10.8 Å². The minimum absolute atomic E-state index is 0.162. The van der Waals surface area contributed by atoms with Gasteiger partial charge >= 0.3 is 0 Å². The first-order chi connectivity index (χ1) is 14.2. The van der Waals surface area contributed by atoms with Gasteiger partial charge in [-0.25, -0.2) is 4.98 Å².